The molecule has 0 aromatic carbocycles. The molecule has 1 aliphatic heterocycles. The van der Waals surface area contributed by atoms with Crippen LogP contribution in [0, 0.1) is 0 Å². The van der Waals surface area contributed by atoms with Gasteiger partial charge in [-0.25, -0.2) is 14.7 Å². The molecule has 8 heteroatoms. The smallest absolute Gasteiger partial charge is 0.243 e. The van der Waals surface area contributed by atoms with Crippen LogP contribution in [-0.4, -0.2) is 64.8 Å². The lowest BCUT2D eigenvalue weighted by Crippen LogP contribution is -2.47. The number of likely N-dealkylation sites (N-methyl/N-ethyl adjacent to an activating group) is 1. The molecular weight excluding hydrogens is 318 g/mol. The fourth-order valence-corrected chi connectivity index (χ4v) is 2.57. The predicted octanol–water partition coefficient (Wildman–Crippen LogP) is 0.750. The van der Waals surface area contributed by atoms with Crippen LogP contribution in [0.1, 0.15) is 51.2 Å². The lowest BCUT2D eigenvalue weighted by atomic mass is 10.1. The van der Waals surface area contributed by atoms with E-state index >= 15 is 0 Å². The van der Waals surface area contributed by atoms with Crippen molar-refractivity contribution in [3.05, 3.63) is 11.6 Å². The van der Waals surface area contributed by atoms with Gasteiger partial charge in [-0.3, -0.25) is 4.79 Å². The summed E-state index contributed by atoms with van der Waals surface area (Å²) < 4.78 is 2.00. The second kappa shape index (κ2) is 8.82. The van der Waals surface area contributed by atoms with Gasteiger partial charge in [0, 0.05) is 39.0 Å². The third kappa shape index (κ3) is 5.44. The minimum Gasteiger partial charge on any atom is -0.356 e. The molecule has 25 heavy (non-hydrogen) atoms. The van der Waals surface area contributed by atoms with Crippen LogP contribution >= 0.6 is 0 Å². The van der Waals surface area contributed by atoms with Crippen LogP contribution in [0.2, 0.25) is 0 Å². The highest BCUT2D eigenvalue weighted by Gasteiger charge is 2.23. The van der Waals surface area contributed by atoms with Crippen molar-refractivity contribution in [3.8, 4) is 0 Å². The number of fused-ring (bicyclic) bond motifs is 1. The number of aliphatic imine (C=N–C) groups is 1. The molecule has 1 aromatic rings. The standard InChI is InChI=1S/C17H31N7O/c1-6-9-18-17(19-10-15(25)23(4)5)20-13-7-8-14-21-16(12(2)3)22-24(14)11-13/h12-13H,6-11H2,1-5H3,(H2,18,19,20). The molecule has 0 aliphatic carbocycles. The van der Waals surface area contributed by atoms with Gasteiger partial charge in [0.15, 0.2) is 11.8 Å². The lowest BCUT2D eigenvalue weighted by molar-refractivity contribution is -0.127. The zero-order valence-corrected chi connectivity index (χ0v) is 16.0. The Morgan fingerprint density at radius 2 is 2.20 bits per heavy atom. The number of aryl methyl sites for hydroxylation is 1. The molecule has 1 aliphatic rings. The highest BCUT2D eigenvalue weighted by Crippen LogP contribution is 2.16. The van der Waals surface area contributed by atoms with Gasteiger partial charge in [0.2, 0.25) is 5.91 Å². The van der Waals surface area contributed by atoms with Gasteiger partial charge in [-0.05, 0) is 12.8 Å². The fourth-order valence-electron chi connectivity index (χ4n) is 2.57. The van der Waals surface area contributed by atoms with Crippen LogP contribution in [0.15, 0.2) is 4.99 Å². The van der Waals surface area contributed by atoms with E-state index in [1.54, 1.807) is 19.0 Å². The third-order valence-electron chi connectivity index (χ3n) is 4.15. The van der Waals surface area contributed by atoms with Gasteiger partial charge in [0.25, 0.3) is 0 Å². The van der Waals surface area contributed by atoms with Crippen molar-refractivity contribution in [3.63, 3.8) is 0 Å². The summed E-state index contributed by atoms with van der Waals surface area (Å²) in [5.41, 5.74) is 0. The van der Waals surface area contributed by atoms with Crippen LogP contribution in [0.3, 0.4) is 0 Å². The largest absolute Gasteiger partial charge is 0.356 e. The van der Waals surface area contributed by atoms with Crippen LogP contribution < -0.4 is 10.6 Å². The lowest BCUT2D eigenvalue weighted by Gasteiger charge is -2.25. The summed E-state index contributed by atoms with van der Waals surface area (Å²) in [6, 6.07) is 0.228. The molecule has 2 N–H and O–H groups in total. The first kappa shape index (κ1) is 19.2. The Hall–Kier alpha value is -2.12. The van der Waals surface area contributed by atoms with E-state index in [9.17, 15) is 4.79 Å². The summed E-state index contributed by atoms with van der Waals surface area (Å²) in [4.78, 5) is 22.4. The minimum absolute atomic E-state index is 0.0126. The summed E-state index contributed by atoms with van der Waals surface area (Å²) in [7, 11) is 3.48. The van der Waals surface area contributed by atoms with Crippen LogP contribution in [0.4, 0.5) is 0 Å². The molecule has 1 aromatic heterocycles. The van der Waals surface area contributed by atoms with E-state index in [1.165, 1.54) is 0 Å². The molecule has 2 heterocycles. The first-order valence-electron chi connectivity index (χ1n) is 9.09. The molecule has 140 valence electrons. The molecule has 8 nitrogen and oxygen atoms in total. The molecular formula is C17H31N7O. The van der Waals surface area contributed by atoms with Crippen LogP contribution in [-0.2, 0) is 17.8 Å². The molecule has 0 radical (unpaired) electrons. The maximum Gasteiger partial charge on any atom is 0.243 e. The van der Waals surface area contributed by atoms with E-state index in [4.69, 9.17) is 0 Å². The third-order valence-corrected chi connectivity index (χ3v) is 4.15. The number of rotatable bonds is 6. The topological polar surface area (TPSA) is 87.4 Å². The van der Waals surface area contributed by atoms with Crippen molar-refractivity contribution < 1.29 is 4.79 Å². The maximum absolute atomic E-state index is 11.8. The monoisotopic (exact) mass is 349 g/mol. The summed E-state index contributed by atoms with van der Waals surface area (Å²) in [5, 5.41) is 11.3. The quantitative estimate of drug-likeness (QED) is 0.584. The van der Waals surface area contributed by atoms with Crippen molar-refractivity contribution in [1.29, 1.82) is 0 Å². The zero-order valence-electron chi connectivity index (χ0n) is 16.0. The molecule has 0 bridgehead atoms. The fraction of sp³-hybridized carbons (Fsp3) is 0.765. The number of aromatic nitrogens is 3. The molecule has 0 fully saturated rings. The minimum atomic E-state index is -0.0126. The molecule has 0 saturated carbocycles. The van der Waals surface area contributed by atoms with E-state index in [0.29, 0.717) is 11.9 Å². The SMILES string of the molecule is CCCNC(=NCC(=O)N(C)C)NC1CCc2nc(C(C)C)nn2C1. The first-order chi connectivity index (χ1) is 11.9. The van der Waals surface area contributed by atoms with E-state index in [-0.39, 0.29) is 18.5 Å². The Labute approximate surface area is 150 Å². The number of carbonyl (C=O) groups excluding carboxylic acids is 1. The normalized spacial score (nSPS) is 17.4. The Kier molecular flexibility index (Phi) is 6.78. The van der Waals surface area contributed by atoms with Crippen LogP contribution in [0.25, 0.3) is 0 Å². The predicted molar refractivity (Wildman–Crippen MR) is 98.6 cm³/mol. The van der Waals surface area contributed by atoms with Gasteiger partial charge < -0.3 is 15.5 Å². The van der Waals surface area contributed by atoms with E-state index in [1.807, 2.05) is 4.68 Å². The number of nitrogens with one attached hydrogen (secondary N) is 2. The second-order valence-electron chi connectivity index (χ2n) is 6.98. The van der Waals surface area contributed by atoms with Gasteiger partial charge in [-0.2, -0.15) is 5.10 Å². The van der Waals surface area contributed by atoms with Crippen molar-refractivity contribution in [1.82, 2.24) is 30.3 Å². The van der Waals surface area contributed by atoms with E-state index < -0.39 is 0 Å². The zero-order chi connectivity index (χ0) is 18.4. The van der Waals surface area contributed by atoms with Gasteiger partial charge in [-0.15, -0.1) is 0 Å². The summed E-state index contributed by atoms with van der Waals surface area (Å²) in [5.74, 6) is 2.98. The maximum atomic E-state index is 11.8. The van der Waals surface area contributed by atoms with Crippen LogP contribution in [0.5, 0.6) is 0 Å². The average molecular weight is 349 g/mol. The number of nitrogens with zero attached hydrogens (tertiary/aromatic N) is 5. The molecule has 2 rings (SSSR count). The van der Waals surface area contributed by atoms with E-state index in [0.717, 1.165) is 44.0 Å². The number of amides is 1. The van der Waals surface area contributed by atoms with Crippen molar-refractivity contribution >= 4 is 11.9 Å². The average Bonchev–Trinajstić information content (AvgIpc) is 3.00. The van der Waals surface area contributed by atoms with Crippen molar-refractivity contribution in [2.45, 2.75) is 58.5 Å². The van der Waals surface area contributed by atoms with Gasteiger partial charge in [0.05, 0.1) is 6.54 Å². The van der Waals surface area contributed by atoms with Gasteiger partial charge >= 0.3 is 0 Å². The van der Waals surface area contributed by atoms with E-state index in [2.05, 4.69) is 46.5 Å². The Bertz CT molecular complexity index is 606. The molecule has 0 spiro atoms. The number of carbonyl (C=O) groups is 1. The molecule has 1 amide bonds. The highest BCUT2D eigenvalue weighted by atomic mass is 16.2. The van der Waals surface area contributed by atoms with Crippen molar-refractivity contribution in [2.24, 2.45) is 4.99 Å². The summed E-state index contributed by atoms with van der Waals surface area (Å²) in [6.07, 6.45) is 2.87. The number of hydrogen-bond donors (Lipinski definition) is 2. The van der Waals surface area contributed by atoms with Gasteiger partial charge in [-0.1, -0.05) is 20.8 Å². The Morgan fingerprint density at radius 3 is 2.84 bits per heavy atom. The Balaban J connectivity index is 2.00. The summed E-state index contributed by atoms with van der Waals surface area (Å²) in [6.45, 7) is 8.05. The van der Waals surface area contributed by atoms with Crippen molar-refractivity contribution in [2.75, 3.05) is 27.2 Å². The van der Waals surface area contributed by atoms with Gasteiger partial charge in [0.1, 0.15) is 12.4 Å². The number of hydrogen-bond acceptors (Lipinski definition) is 4. The highest BCUT2D eigenvalue weighted by molar-refractivity contribution is 5.84. The Morgan fingerprint density at radius 1 is 1.44 bits per heavy atom. The molecule has 1 unspecified atom stereocenters. The summed E-state index contributed by atoms with van der Waals surface area (Å²) >= 11 is 0. The number of guanidine groups is 1. The molecule has 1 atom stereocenters. The molecule has 0 saturated heterocycles. The first-order valence-corrected chi connectivity index (χ1v) is 9.09. The second-order valence-corrected chi connectivity index (χ2v) is 6.98.